The molecule has 0 heterocycles. The van der Waals surface area contributed by atoms with Crippen LogP contribution in [0.4, 0.5) is 0 Å². The molecule has 164 valence electrons. The minimum atomic E-state index is -0.412. The quantitative estimate of drug-likeness (QED) is 0.249. The van der Waals surface area contributed by atoms with E-state index < -0.39 is 5.97 Å². The van der Waals surface area contributed by atoms with Crippen molar-refractivity contribution in [2.45, 2.75) is 6.92 Å². The number of fused-ring (bicyclic) bond motifs is 1. The third-order valence-electron chi connectivity index (χ3n) is 4.05. The van der Waals surface area contributed by atoms with E-state index in [0.717, 1.165) is 22.3 Å². The topological polar surface area (TPSA) is 72.5 Å². The van der Waals surface area contributed by atoms with E-state index in [1.807, 2.05) is 36.4 Å². The highest BCUT2D eigenvalue weighted by molar-refractivity contribution is 5.93. The van der Waals surface area contributed by atoms with Gasteiger partial charge in [0.2, 0.25) is 0 Å². The Morgan fingerprint density at radius 1 is 0.767 bits per heavy atom. The fourth-order valence-corrected chi connectivity index (χ4v) is 2.59. The summed E-state index contributed by atoms with van der Waals surface area (Å²) in [5, 5.41) is 1.94. The number of carbonyl (C=O) groups excluding carboxylic acids is 1. The van der Waals surface area contributed by atoms with Crippen LogP contribution in [-0.4, -0.2) is 65.9 Å². The molecule has 2 aromatic rings. The molecule has 0 radical (unpaired) electrons. The molecule has 7 nitrogen and oxygen atoms in total. The van der Waals surface area contributed by atoms with Crippen LogP contribution in [0.15, 0.2) is 48.6 Å². The third-order valence-corrected chi connectivity index (χ3v) is 4.05. The molecule has 0 saturated carbocycles. The summed E-state index contributed by atoms with van der Waals surface area (Å²) in [4.78, 5) is 11.3. The van der Waals surface area contributed by atoms with Crippen LogP contribution >= 0.6 is 0 Å². The average molecular weight is 418 g/mol. The maximum Gasteiger partial charge on any atom is 0.333 e. The predicted octanol–water partition coefficient (Wildman–Crippen LogP) is 3.40. The minimum Gasteiger partial charge on any atom is -0.491 e. The minimum absolute atomic E-state index is 0.190. The van der Waals surface area contributed by atoms with Crippen LogP contribution in [0.3, 0.4) is 0 Å². The first-order valence-corrected chi connectivity index (χ1v) is 9.88. The van der Waals surface area contributed by atoms with Gasteiger partial charge in [0.15, 0.2) is 0 Å². The first-order valence-electron chi connectivity index (χ1n) is 9.88. The lowest BCUT2D eigenvalue weighted by molar-refractivity contribution is -0.140. The predicted molar refractivity (Wildman–Crippen MR) is 114 cm³/mol. The normalized spacial score (nSPS) is 10.7. The lowest BCUT2D eigenvalue weighted by Gasteiger charge is -2.13. The second kappa shape index (κ2) is 13.6. The van der Waals surface area contributed by atoms with Gasteiger partial charge in [0, 0.05) is 23.5 Å². The van der Waals surface area contributed by atoms with Gasteiger partial charge in [-0.2, -0.15) is 0 Å². The number of methoxy groups -OCH3 is 1. The summed E-state index contributed by atoms with van der Waals surface area (Å²) in [5.41, 5.74) is 0.372. The van der Waals surface area contributed by atoms with E-state index >= 15 is 0 Å². The van der Waals surface area contributed by atoms with E-state index in [-0.39, 0.29) is 6.61 Å². The van der Waals surface area contributed by atoms with Crippen LogP contribution in [0.2, 0.25) is 0 Å². The second-order valence-electron chi connectivity index (χ2n) is 6.44. The second-order valence-corrected chi connectivity index (χ2v) is 6.44. The first kappa shape index (κ1) is 23.7. The Balaban J connectivity index is 1.78. The van der Waals surface area contributed by atoms with Crippen LogP contribution in [-0.2, 0) is 23.7 Å². The van der Waals surface area contributed by atoms with Gasteiger partial charge >= 0.3 is 5.97 Å². The van der Waals surface area contributed by atoms with E-state index in [4.69, 9.17) is 28.4 Å². The van der Waals surface area contributed by atoms with E-state index in [2.05, 4.69) is 6.58 Å². The van der Waals surface area contributed by atoms with Crippen LogP contribution < -0.4 is 9.47 Å². The molecule has 0 fully saturated rings. The van der Waals surface area contributed by atoms with Crippen molar-refractivity contribution < 1.29 is 33.2 Å². The van der Waals surface area contributed by atoms with Gasteiger partial charge in [-0.25, -0.2) is 4.79 Å². The van der Waals surface area contributed by atoms with E-state index in [1.165, 1.54) is 0 Å². The van der Waals surface area contributed by atoms with Crippen LogP contribution in [0.25, 0.3) is 10.8 Å². The number of esters is 1. The standard InChI is InChI=1S/C23H30O7/c1-18(2)23(24)30-17-14-27-13-16-29-22-9-5-6-19-20(22)7-4-8-21(19)28-15-12-26-11-10-25-3/h4-9H,1,10-17H2,2-3H3. The van der Waals surface area contributed by atoms with Crippen molar-refractivity contribution in [3.05, 3.63) is 48.6 Å². The molecule has 2 rings (SSSR count). The Kier molecular flexibility index (Phi) is 10.7. The molecule has 0 spiro atoms. The largest absolute Gasteiger partial charge is 0.491 e. The fourth-order valence-electron chi connectivity index (χ4n) is 2.59. The Morgan fingerprint density at radius 3 is 1.77 bits per heavy atom. The molecule has 0 aliphatic rings. The Bertz CT molecular complexity index is 803. The Morgan fingerprint density at radius 2 is 1.27 bits per heavy atom. The molecular weight excluding hydrogens is 388 g/mol. The van der Waals surface area contributed by atoms with Gasteiger partial charge in [-0.15, -0.1) is 0 Å². The molecule has 2 aromatic carbocycles. The molecule has 0 aliphatic heterocycles. The molecule has 0 unspecified atom stereocenters. The maximum atomic E-state index is 11.3. The van der Waals surface area contributed by atoms with Crippen molar-refractivity contribution in [1.82, 2.24) is 0 Å². The molecule has 0 saturated heterocycles. The summed E-state index contributed by atoms with van der Waals surface area (Å²) < 4.78 is 32.5. The van der Waals surface area contributed by atoms with Gasteiger partial charge in [-0.3, -0.25) is 0 Å². The third kappa shape index (κ3) is 8.02. The highest BCUT2D eigenvalue weighted by Gasteiger charge is 2.07. The van der Waals surface area contributed by atoms with Gasteiger partial charge in [0.25, 0.3) is 0 Å². The van der Waals surface area contributed by atoms with Crippen LogP contribution in [0, 0.1) is 0 Å². The summed E-state index contributed by atoms with van der Waals surface area (Å²) in [6, 6.07) is 11.7. The van der Waals surface area contributed by atoms with Crippen molar-refractivity contribution in [2.75, 3.05) is 60.0 Å². The fraction of sp³-hybridized carbons (Fsp3) is 0.435. The summed E-state index contributed by atoms with van der Waals surface area (Å²) in [6.07, 6.45) is 0. The number of rotatable bonds is 15. The lowest BCUT2D eigenvalue weighted by atomic mass is 10.1. The summed E-state index contributed by atoms with van der Waals surface area (Å²) in [7, 11) is 1.64. The summed E-state index contributed by atoms with van der Waals surface area (Å²) >= 11 is 0. The lowest BCUT2D eigenvalue weighted by Crippen LogP contribution is -2.14. The zero-order valence-electron chi connectivity index (χ0n) is 17.7. The Labute approximate surface area is 177 Å². The average Bonchev–Trinajstić information content (AvgIpc) is 2.75. The molecule has 0 aliphatic carbocycles. The van der Waals surface area contributed by atoms with Crippen molar-refractivity contribution in [2.24, 2.45) is 0 Å². The maximum absolute atomic E-state index is 11.3. The SMILES string of the molecule is C=C(C)C(=O)OCCOCCOc1cccc2c(OCCOCCOC)cccc12. The molecule has 0 atom stereocenters. The zero-order valence-corrected chi connectivity index (χ0v) is 17.7. The monoisotopic (exact) mass is 418 g/mol. The van der Waals surface area contributed by atoms with E-state index in [9.17, 15) is 4.79 Å². The smallest absolute Gasteiger partial charge is 0.333 e. The number of carbonyl (C=O) groups is 1. The number of hydrogen-bond acceptors (Lipinski definition) is 7. The van der Waals surface area contributed by atoms with Crippen molar-refractivity contribution >= 4 is 16.7 Å². The molecular formula is C23H30O7. The Hall–Kier alpha value is -2.61. The van der Waals surface area contributed by atoms with Gasteiger partial charge in [-0.05, 0) is 19.1 Å². The zero-order chi connectivity index (χ0) is 21.6. The van der Waals surface area contributed by atoms with Crippen molar-refractivity contribution in [1.29, 1.82) is 0 Å². The van der Waals surface area contributed by atoms with Gasteiger partial charge in [0.1, 0.15) is 31.3 Å². The molecule has 0 N–H and O–H groups in total. The van der Waals surface area contributed by atoms with Crippen LogP contribution in [0.5, 0.6) is 11.5 Å². The van der Waals surface area contributed by atoms with Crippen molar-refractivity contribution in [3.63, 3.8) is 0 Å². The molecule has 30 heavy (non-hydrogen) atoms. The number of ether oxygens (including phenoxy) is 6. The summed E-state index contributed by atoms with van der Waals surface area (Å²) in [5.74, 6) is 1.13. The van der Waals surface area contributed by atoms with Gasteiger partial charge in [-0.1, -0.05) is 30.8 Å². The molecule has 0 aromatic heterocycles. The summed E-state index contributed by atoms with van der Waals surface area (Å²) in [6.45, 7) is 8.46. The highest BCUT2D eigenvalue weighted by Crippen LogP contribution is 2.32. The van der Waals surface area contributed by atoms with Gasteiger partial charge in [0.05, 0.1) is 33.0 Å². The van der Waals surface area contributed by atoms with Crippen LogP contribution in [0.1, 0.15) is 6.92 Å². The van der Waals surface area contributed by atoms with E-state index in [1.54, 1.807) is 14.0 Å². The molecule has 0 amide bonds. The molecule has 0 bridgehead atoms. The number of hydrogen-bond donors (Lipinski definition) is 0. The molecule has 7 heteroatoms. The van der Waals surface area contributed by atoms with E-state index in [0.29, 0.717) is 51.8 Å². The highest BCUT2D eigenvalue weighted by atomic mass is 16.6. The van der Waals surface area contributed by atoms with Crippen molar-refractivity contribution in [3.8, 4) is 11.5 Å². The number of benzene rings is 2. The first-order chi connectivity index (χ1) is 14.6. The van der Waals surface area contributed by atoms with Gasteiger partial charge < -0.3 is 28.4 Å².